The molecule has 20 heavy (non-hydrogen) atoms. The van der Waals surface area contributed by atoms with Crippen LogP contribution in [0.2, 0.25) is 0 Å². The van der Waals surface area contributed by atoms with Crippen LogP contribution in [0.25, 0.3) is 0 Å². The van der Waals surface area contributed by atoms with Gasteiger partial charge in [-0.05, 0) is 45.0 Å². The number of hydrogen-bond donors (Lipinski definition) is 2. The lowest BCUT2D eigenvalue weighted by Crippen LogP contribution is -2.43. The minimum atomic E-state index is -0.0586. The van der Waals surface area contributed by atoms with Crippen molar-refractivity contribution in [2.24, 2.45) is 0 Å². The zero-order valence-corrected chi connectivity index (χ0v) is 12.7. The third kappa shape index (κ3) is 6.99. The number of benzene rings is 1. The predicted octanol–water partition coefficient (Wildman–Crippen LogP) is 1.58. The van der Waals surface area contributed by atoms with E-state index in [1.165, 1.54) is 0 Å². The Hall–Kier alpha value is -1.75. The van der Waals surface area contributed by atoms with E-state index in [-0.39, 0.29) is 11.4 Å². The summed E-state index contributed by atoms with van der Waals surface area (Å²) in [5.41, 5.74) is -0.0586. The fourth-order valence-corrected chi connectivity index (χ4v) is 1.44. The highest BCUT2D eigenvalue weighted by Gasteiger charge is 2.10. The van der Waals surface area contributed by atoms with Crippen LogP contribution >= 0.6 is 0 Å². The Morgan fingerprint density at radius 3 is 2.30 bits per heavy atom. The molecule has 5 nitrogen and oxygen atoms in total. The van der Waals surface area contributed by atoms with Gasteiger partial charge in [0, 0.05) is 5.54 Å². The van der Waals surface area contributed by atoms with Gasteiger partial charge in [-0.15, -0.1) is 0 Å². The summed E-state index contributed by atoms with van der Waals surface area (Å²) in [7, 11) is 1.62. The van der Waals surface area contributed by atoms with Gasteiger partial charge in [0.25, 0.3) is 0 Å². The van der Waals surface area contributed by atoms with Gasteiger partial charge in [0.1, 0.15) is 18.1 Å². The molecule has 1 rings (SSSR count). The number of amides is 1. The van der Waals surface area contributed by atoms with Crippen molar-refractivity contribution < 1.29 is 14.3 Å². The van der Waals surface area contributed by atoms with E-state index in [4.69, 9.17) is 9.47 Å². The van der Waals surface area contributed by atoms with E-state index < -0.39 is 0 Å². The molecule has 0 bridgehead atoms. The smallest absolute Gasteiger partial charge is 0.234 e. The maximum absolute atomic E-state index is 11.5. The number of hydrogen-bond acceptors (Lipinski definition) is 4. The molecule has 0 aliphatic rings. The number of rotatable bonds is 7. The molecule has 0 aliphatic heterocycles. The Morgan fingerprint density at radius 2 is 1.75 bits per heavy atom. The first-order valence-electron chi connectivity index (χ1n) is 6.69. The zero-order chi connectivity index (χ0) is 15.0. The molecule has 0 unspecified atom stereocenters. The van der Waals surface area contributed by atoms with Gasteiger partial charge in [-0.1, -0.05) is 0 Å². The molecular formula is C15H24N2O3. The molecule has 0 saturated carbocycles. The molecule has 0 aliphatic carbocycles. The van der Waals surface area contributed by atoms with Gasteiger partial charge in [0.05, 0.1) is 20.2 Å². The average Bonchev–Trinajstić information content (AvgIpc) is 2.41. The minimum absolute atomic E-state index is 0.0294. The quantitative estimate of drug-likeness (QED) is 0.745. The summed E-state index contributed by atoms with van der Waals surface area (Å²) in [5.74, 6) is 1.52. The molecule has 0 fully saturated rings. The average molecular weight is 280 g/mol. The van der Waals surface area contributed by atoms with Crippen LogP contribution in [0.4, 0.5) is 0 Å². The topological polar surface area (TPSA) is 59.6 Å². The fraction of sp³-hybridized carbons (Fsp3) is 0.533. The van der Waals surface area contributed by atoms with Gasteiger partial charge in [-0.3, -0.25) is 4.79 Å². The van der Waals surface area contributed by atoms with Crippen molar-refractivity contribution in [2.75, 3.05) is 26.8 Å². The summed E-state index contributed by atoms with van der Waals surface area (Å²) in [6, 6.07) is 7.34. The zero-order valence-electron chi connectivity index (χ0n) is 12.7. The van der Waals surface area contributed by atoms with E-state index in [1.807, 2.05) is 45.0 Å². The van der Waals surface area contributed by atoms with Gasteiger partial charge in [-0.2, -0.15) is 0 Å². The molecule has 112 valence electrons. The molecule has 1 amide bonds. The summed E-state index contributed by atoms with van der Waals surface area (Å²) >= 11 is 0. The summed E-state index contributed by atoms with van der Waals surface area (Å²) in [4.78, 5) is 11.5. The molecule has 0 aromatic heterocycles. The van der Waals surface area contributed by atoms with E-state index in [0.717, 1.165) is 11.5 Å². The second-order valence-corrected chi connectivity index (χ2v) is 5.48. The van der Waals surface area contributed by atoms with E-state index >= 15 is 0 Å². The summed E-state index contributed by atoms with van der Waals surface area (Å²) in [6.45, 7) is 7.30. The van der Waals surface area contributed by atoms with Gasteiger partial charge < -0.3 is 20.1 Å². The van der Waals surface area contributed by atoms with E-state index in [2.05, 4.69) is 10.6 Å². The molecule has 2 N–H and O–H groups in total. The monoisotopic (exact) mass is 280 g/mol. The molecule has 0 saturated heterocycles. The van der Waals surface area contributed by atoms with E-state index in [1.54, 1.807) is 7.11 Å². The van der Waals surface area contributed by atoms with Crippen LogP contribution in [0, 0.1) is 0 Å². The molecule has 0 radical (unpaired) electrons. The molecule has 5 heteroatoms. The van der Waals surface area contributed by atoms with E-state index in [0.29, 0.717) is 19.7 Å². The molecule has 1 aromatic rings. The van der Waals surface area contributed by atoms with Crippen LogP contribution < -0.4 is 20.1 Å². The van der Waals surface area contributed by atoms with Crippen molar-refractivity contribution in [3.63, 3.8) is 0 Å². The Morgan fingerprint density at radius 1 is 1.15 bits per heavy atom. The van der Waals surface area contributed by atoms with Crippen LogP contribution in [0.15, 0.2) is 24.3 Å². The number of ether oxygens (including phenoxy) is 2. The third-order valence-corrected chi connectivity index (χ3v) is 2.53. The maximum atomic E-state index is 11.5. The van der Waals surface area contributed by atoms with Crippen LogP contribution in [0.1, 0.15) is 20.8 Å². The Kier molecular flexibility index (Phi) is 6.31. The van der Waals surface area contributed by atoms with Crippen molar-refractivity contribution in [3.05, 3.63) is 24.3 Å². The number of carbonyl (C=O) groups excluding carboxylic acids is 1. The number of carbonyl (C=O) groups is 1. The molecule has 0 heterocycles. The maximum Gasteiger partial charge on any atom is 0.234 e. The normalized spacial score (nSPS) is 11.0. The fourth-order valence-electron chi connectivity index (χ4n) is 1.44. The lowest BCUT2D eigenvalue weighted by atomic mass is 10.1. The minimum Gasteiger partial charge on any atom is -0.497 e. The van der Waals surface area contributed by atoms with E-state index in [9.17, 15) is 4.79 Å². The first kappa shape index (κ1) is 16.3. The van der Waals surface area contributed by atoms with Crippen molar-refractivity contribution in [2.45, 2.75) is 26.3 Å². The molecule has 0 atom stereocenters. The van der Waals surface area contributed by atoms with Crippen molar-refractivity contribution in [1.82, 2.24) is 10.6 Å². The van der Waals surface area contributed by atoms with Gasteiger partial charge in [0.2, 0.25) is 5.91 Å². The number of nitrogens with one attached hydrogen (secondary N) is 2. The Balaban J connectivity index is 2.16. The Bertz CT molecular complexity index is 410. The largest absolute Gasteiger partial charge is 0.497 e. The van der Waals surface area contributed by atoms with Crippen LogP contribution in [-0.2, 0) is 4.79 Å². The first-order chi connectivity index (χ1) is 9.40. The van der Waals surface area contributed by atoms with Crippen molar-refractivity contribution in [1.29, 1.82) is 0 Å². The predicted molar refractivity (Wildman–Crippen MR) is 79.3 cm³/mol. The second-order valence-electron chi connectivity index (χ2n) is 5.48. The highest BCUT2D eigenvalue weighted by atomic mass is 16.5. The summed E-state index contributed by atoms with van der Waals surface area (Å²) in [5, 5.41) is 5.92. The third-order valence-electron chi connectivity index (χ3n) is 2.53. The molecular weight excluding hydrogens is 256 g/mol. The van der Waals surface area contributed by atoms with Gasteiger partial charge >= 0.3 is 0 Å². The lowest BCUT2D eigenvalue weighted by Gasteiger charge is -2.20. The van der Waals surface area contributed by atoms with Gasteiger partial charge in [-0.25, -0.2) is 0 Å². The summed E-state index contributed by atoms with van der Waals surface area (Å²) < 4.78 is 10.6. The highest BCUT2D eigenvalue weighted by molar-refractivity contribution is 5.78. The van der Waals surface area contributed by atoms with Crippen LogP contribution in [-0.4, -0.2) is 38.3 Å². The number of methoxy groups -OCH3 is 1. The Labute approximate surface area is 120 Å². The second kappa shape index (κ2) is 7.75. The lowest BCUT2D eigenvalue weighted by molar-refractivity contribution is -0.120. The van der Waals surface area contributed by atoms with Gasteiger partial charge in [0.15, 0.2) is 0 Å². The molecule has 1 aromatic carbocycles. The SMILES string of the molecule is COc1ccc(OCCNC(=O)CNC(C)(C)C)cc1. The standard InChI is InChI=1S/C15H24N2O3/c1-15(2,3)17-11-14(18)16-9-10-20-13-7-5-12(19-4)6-8-13/h5-8,17H,9-11H2,1-4H3,(H,16,18). The van der Waals surface area contributed by atoms with Crippen LogP contribution in [0.3, 0.4) is 0 Å². The van der Waals surface area contributed by atoms with Crippen molar-refractivity contribution in [3.8, 4) is 11.5 Å². The van der Waals surface area contributed by atoms with Crippen molar-refractivity contribution >= 4 is 5.91 Å². The highest BCUT2D eigenvalue weighted by Crippen LogP contribution is 2.16. The molecule has 0 spiro atoms. The summed E-state index contributed by atoms with van der Waals surface area (Å²) in [6.07, 6.45) is 0. The first-order valence-corrected chi connectivity index (χ1v) is 6.69. The van der Waals surface area contributed by atoms with Crippen LogP contribution in [0.5, 0.6) is 11.5 Å².